The minimum absolute atomic E-state index is 0.00262. The summed E-state index contributed by atoms with van der Waals surface area (Å²) in [5.41, 5.74) is 4.68. The summed E-state index contributed by atoms with van der Waals surface area (Å²) in [5, 5.41) is 25.4. The monoisotopic (exact) mass is 594 g/mol. The largest absolute Gasteiger partial charge is 0.392 e. The van der Waals surface area contributed by atoms with Crippen molar-refractivity contribution in [2.75, 3.05) is 11.1 Å². The van der Waals surface area contributed by atoms with Crippen LogP contribution in [0.1, 0.15) is 46.4 Å². The van der Waals surface area contributed by atoms with Crippen molar-refractivity contribution in [3.8, 4) is 5.69 Å². The number of benzene rings is 3. The van der Waals surface area contributed by atoms with Gasteiger partial charge in [0.2, 0.25) is 5.16 Å². The number of carbonyl (C=O) groups excluding carboxylic acids is 1. The molecule has 1 fully saturated rings. The van der Waals surface area contributed by atoms with Crippen LogP contribution in [0.15, 0.2) is 109 Å². The molecule has 0 spiro atoms. The van der Waals surface area contributed by atoms with E-state index < -0.39 is 6.29 Å². The number of para-hydroxylation sites is 1. The SMILES string of the molecule is CC1C(CSc2nnnn2-c2ccccc2)OC(c2ccc(NC(=O)c3cccnc3)cc2)OC1c1ccc(CO)cc1. The maximum atomic E-state index is 12.6. The van der Waals surface area contributed by atoms with Gasteiger partial charge in [-0.1, -0.05) is 73.3 Å². The molecule has 3 heterocycles. The van der Waals surface area contributed by atoms with Crippen LogP contribution >= 0.6 is 11.8 Å². The van der Waals surface area contributed by atoms with Crippen molar-refractivity contribution in [3.63, 3.8) is 0 Å². The van der Waals surface area contributed by atoms with Gasteiger partial charge in [0, 0.05) is 35.3 Å². The summed E-state index contributed by atoms with van der Waals surface area (Å²) >= 11 is 1.53. The summed E-state index contributed by atoms with van der Waals surface area (Å²) in [6, 6.07) is 28.5. The van der Waals surface area contributed by atoms with E-state index in [4.69, 9.17) is 9.47 Å². The zero-order valence-electron chi connectivity index (χ0n) is 23.4. The van der Waals surface area contributed by atoms with Gasteiger partial charge in [0.05, 0.1) is 30.1 Å². The minimum Gasteiger partial charge on any atom is -0.392 e. The van der Waals surface area contributed by atoms with Crippen LogP contribution < -0.4 is 5.32 Å². The Morgan fingerprint density at radius 3 is 2.44 bits per heavy atom. The van der Waals surface area contributed by atoms with E-state index in [-0.39, 0.29) is 30.6 Å². The van der Waals surface area contributed by atoms with E-state index in [0.717, 1.165) is 22.4 Å². The molecule has 6 rings (SSSR count). The predicted octanol–water partition coefficient (Wildman–Crippen LogP) is 5.39. The molecule has 3 aromatic carbocycles. The van der Waals surface area contributed by atoms with Crippen molar-refractivity contribution in [1.82, 2.24) is 25.2 Å². The fourth-order valence-electron chi connectivity index (χ4n) is 4.89. The smallest absolute Gasteiger partial charge is 0.257 e. The third-order valence-corrected chi connectivity index (χ3v) is 8.31. The summed E-state index contributed by atoms with van der Waals surface area (Å²) in [6.45, 7) is 2.09. The van der Waals surface area contributed by atoms with Crippen LogP contribution in [0.3, 0.4) is 0 Å². The Kier molecular flexibility index (Phi) is 8.85. The van der Waals surface area contributed by atoms with Crippen molar-refractivity contribution in [2.45, 2.75) is 37.2 Å². The number of thioether (sulfide) groups is 1. The Morgan fingerprint density at radius 2 is 1.72 bits per heavy atom. The highest BCUT2D eigenvalue weighted by molar-refractivity contribution is 7.99. The molecule has 0 aliphatic carbocycles. The standard InChI is InChI=1S/C32H30N6O4S/c1-21-28(20-43-32-35-36-37-38(32)27-7-3-2-4-8-27)41-31(42-29(21)23-11-9-22(19-39)10-12-23)24-13-15-26(16-14-24)34-30(40)25-6-5-17-33-18-25/h2-18,21,28-29,31,39H,19-20H2,1H3,(H,34,40). The molecule has 1 saturated heterocycles. The lowest BCUT2D eigenvalue weighted by molar-refractivity contribution is -0.268. The molecular formula is C32H30N6O4S. The molecule has 218 valence electrons. The zero-order chi connectivity index (χ0) is 29.6. The van der Waals surface area contributed by atoms with Gasteiger partial charge in [-0.25, -0.2) is 0 Å². The van der Waals surface area contributed by atoms with Gasteiger partial charge < -0.3 is 19.9 Å². The van der Waals surface area contributed by atoms with Crippen LogP contribution in [0.25, 0.3) is 5.69 Å². The van der Waals surface area contributed by atoms with Crippen LogP contribution in [-0.4, -0.2) is 48.1 Å². The second kappa shape index (κ2) is 13.3. The number of aliphatic hydroxyl groups excluding tert-OH is 1. The molecule has 1 aliphatic rings. The first kappa shape index (κ1) is 28.7. The second-order valence-corrected chi connectivity index (χ2v) is 11.1. The van der Waals surface area contributed by atoms with E-state index in [2.05, 4.69) is 32.7 Å². The topological polar surface area (TPSA) is 124 Å². The van der Waals surface area contributed by atoms with Gasteiger partial charge in [-0.15, -0.1) is 5.10 Å². The molecule has 10 nitrogen and oxygen atoms in total. The number of pyridine rings is 1. The van der Waals surface area contributed by atoms with Crippen molar-refractivity contribution in [3.05, 3.63) is 126 Å². The van der Waals surface area contributed by atoms with Gasteiger partial charge in [-0.3, -0.25) is 9.78 Å². The van der Waals surface area contributed by atoms with Crippen LogP contribution in [0.4, 0.5) is 5.69 Å². The lowest BCUT2D eigenvalue weighted by Gasteiger charge is -2.41. The lowest BCUT2D eigenvalue weighted by atomic mass is 9.91. The number of rotatable bonds is 9. The highest BCUT2D eigenvalue weighted by Gasteiger charge is 2.38. The van der Waals surface area contributed by atoms with E-state index in [0.29, 0.717) is 22.2 Å². The number of carbonyl (C=O) groups is 1. The number of nitrogens with one attached hydrogen (secondary N) is 1. The van der Waals surface area contributed by atoms with Crippen molar-refractivity contribution in [1.29, 1.82) is 0 Å². The molecule has 0 saturated carbocycles. The number of nitrogens with zero attached hydrogens (tertiary/aromatic N) is 5. The number of ether oxygens (including phenoxy) is 2. The molecule has 2 N–H and O–H groups in total. The average Bonchev–Trinajstić information content (AvgIpc) is 3.54. The van der Waals surface area contributed by atoms with E-state index in [1.54, 1.807) is 23.0 Å². The molecule has 4 unspecified atom stereocenters. The molecule has 2 aromatic heterocycles. The van der Waals surface area contributed by atoms with E-state index >= 15 is 0 Å². The Bertz CT molecular complexity index is 1630. The Hall–Kier alpha value is -4.42. The fraction of sp³-hybridized carbons (Fsp3) is 0.219. The summed E-state index contributed by atoms with van der Waals surface area (Å²) in [5.74, 6) is 0.364. The number of hydrogen-bond donors (Lipinski definition) is 2. The predicted molar refractivity (Wildman–Crippen MR) is 161 cm³/mol. The molecule has 0 radical (unpaired) electrons. The van der Waals surface area contributed by atoms with Gasteiger partial charge in [0.25, 0.3) is 5.91 Å². The first-order chi connectivity index (χ1) is 21.1. The quantitative estimate of drug-likeness (QED) is 0.216. The number of aliphatic hydroxyl groups is 1. The maximum absolute atomic E-state index is 12.6. The normalized spacial score (nSPS) is 20.0. The van der Waals surface area contributed by atoms with Crippen molar-refractivity contribution in [2.24, 2.45) is 5.92 Å². The maximum Gasteiger partial charge on any atom is 0.257 e. The number of amides is 1. The van der Waals surface area contributed by atoms with Gasteiger partial charge in [0.15, 0.2) is 6.29 Å². The third-order valence-electron chi connectivity index (χ3n) is 7.31. The molecule has 0 bridgehead atoms. The van der Waals surface area contributed by atoms with Crippen molar-refractivity contribution < 1.29 is 19.4 Å². The Morgan fingerprint density at radius 1 is 0.953 bits per heavy atom. The first-order valence-electron chi connectivity index (χ1n) is 13.9. The van der Waals surface area contributed by atoms with Crippen LogP contribution in [0.2, 0.25) is 0 Å². The molecular weight excluding hydrogens is 564 g/mol. The van der Waals surface area contributed by atoms with E-state index in [1.807, 2.05) is 78.9 Å². The zero-order valence-corrected chi connectivity index (χ0v) is 24.2. The number of anilines is 1. The highest BCUT2D eigenvalue weighted by Crippen LogP contribution is 2.43. The highest BCUT2D eigenvalue weighted by atomic mass is 32.2. The van der Waals surface area contributed by atoms with Gasteiger partial charge >= 0.3 is 0 Å². The molecule has 1 amide bonds. The molecule has 4 atom stereocenters. The molecule has 43 heavy (non-hydrogen) atoms. The molecule has 5 aromatic rings. The van der Waals surface area contributed by atoms with Gasteiger partial charge in [-0.2, -0.15) is 4.68 Å². The fourth-order valence-corrected chi connectivity index (χ4v) is 5.94. The number of aromatic nitrogens is 5. The van der Waals surface area contributed by atoms with E-state index in [1.165, 1.54) is 18.0 Å². The number of hydrogen-bond acceptors (Lipinski definition) is 9. The minimum atomic E-state index is -0.641. The lowest BCUT2D eigenvalue weighted by Crippen LogP contribution is -2.38. The van der Waals surface area contributed by atoms with E-state index in [9.17, 15) is 9.90 Å². The molecule has 1 aliphatic heterocycles. The van der Waals surface area contributed by atoms with Crippen molar-refractivity contribution >= 4 is 23.4 Å². The van der Waals surface area contributed by atoms with Gasteiger partial charge in [0.1, 0.15) is 0 Å². The average molecular weight is 595 g/mol. The van der Waals surface area contributed by atoms with Crippen LogP contribution in [0.5, 0.6) is 0 Å². The summed E-state index contributed by atoms with van der Waals surface area (Å²) in [7, 11) is 0. The summed E-state index contributed by atoms with van der Waals surface area (Å²) < 4.78 is 14.8. The number of tetrazole rings is 1. The summed E-state index contributed by atoms with van der Waals surface area (Å²) in [6.07, 6.45) is 2.06. The molecule has 11 heteroatoms. The van der Waals surface area contributed by atoms with Crippen LogP contribution in [-0.2, 0) is 16.1 Å². The summed E-state index contributed by atoms with van der Waals surface area (Å²) in [4.78, 5) is 16.6. The van der Waals surface area contributed by atoms with Gasteiger partial charge in [-0.05, 0) is 58.0 Å². The third kappa shape index (κ3) is 6.65. The van der Waals surface area contributed by atoms with Crippen LogP contribution in [0, 0.1) is 5.92 Å². The Labute approximate surface area is 253 Å². The second-order valence-electron chi connectivity index (χ2n) is 10.2. The first-order valence-corrected chi connectivity index (χ1v) is 14.9. The Balaban J connectivity index is 1.21.